The van der Waals surface area contributed by atoms with Crippen LogP contribution in [0.5, 0.6) is 0 Å². The average molecular weight is 401 g/mol. The number of hydrogen-bond donors (Lipinski definition) is 1. The van der Waals surface area contributed by atoms with E-state index in [4.69, 9.17) is 4.74 Å². The molecule has 0 spiro atoms. The quantitative estimate of drug-likeness (QED) is 0.348. The third-order valence-corrected chi connectivity index (χ3v) is 3.84. The molecule has 0 heterocycles. The van der Waals surface area contributed by atoms with Crippen LogP contribution in [0.4, 0.5) is 22.0 Å². The summed E-state index contributed by atoms with van der Waals surface area (Å²) < 4.78 is 72.6. The Hall–Kier alpha value is -2.97. The topological polar surface area (TPSA) is 55.4 Å². The molecular weight excluding hydrogens is 385 g/mol. The Morgan fingerprint density at radius 3 is 1.89 bits per heavy atom. The zero-order valence-electron chi connectivity index (χ0n) is 14.9. The van der Waals surface area contributed by atoms with Gasteiger partial charge in [0.05, 0.1) is 12.2 Å². The molecular formula is C19H16F5NO3. The molecule has 0 aliphatic carbocycles. The second-order valence-corrected chi connectivity index (χ2v) is 5.85. The van der Waals surface area contributed by atoms with Crippen LogP contribution in [0, 0.1) is 29.1 Å². The molecule has 0 aromatic heterocycles. The van der Waals surface area contributed by atoms with Gasteiger partial charge in [-0.1, -0.05) is 24.3 Å². The number of halogens is 5. The predicted octanol–water partition coefficient (Wildman–Crippen LogP) is 3.66. The molecule has 0 bridgehead atoms. The van der Waals surface area contributed by atoms with Gasteiger partial charge in [-0.2, -0.15) is 0 Å². The van der Waals surface area contributed by atoms with E-state index in [1.807, 2.05) is 0 Å². The van der Waals surface area contributed by atoms with Crippen molar-refractivity contribution in [1.82, 2.24) is 5.32 Å². The molecule has 2 aromatic rings. The first-order valence-electron chi connectivity index (χ1n) is 8.21. The van der Waals surface area contributed by atoms with Gasteiger partial charge in [0.1, 0.15) is 6.04 Å². The van der Waals surface area contributed by atoms with E-state index in [0.717, 1.165) is 12.1 Å². The number of rotatable bonds is 6. The smallest absolute Gasteiger partial charge is 0.328 e. The van der Waals surface area contributed by atoms with Gasteiger partial charge in [0.25, 0.3) is 0 Å². The zero-order chi connectivity index (χ0) is 21.0. The fourth-order valence-electron chi connectivity index (χ4n) is 2.58. The SMILES string of the molecule is CCOC(=O)C(Cc1ccc(-c2c(F)c(F)c(F)c(F)c2F)cc1)NC(C)=O. The van der Waals surface area contributed by atoms with Crippen LogP contribution in [-0.2, 0) is 20.7 Å². The first-order valence-corrected chi connectivity index (χ1v) is 8.21. The molecule has 2 rings (SSSR count). The van der Waals surface area contributed by atoms with Crippen molar-refractivity contribution in [3.63, 3.8) is 0 Å². The summed E-state index contributed by atoms with van der Waals surface area (Å²) in [5, 5.41) is 2.42. The van der Waals surface area contributed by atoms with Crippen LogP contribution in [-0.4, -0.2) is 24.5 Å². The molecule has 150 valence electrons. The Labute approximate surface area is 157 Å². The molecule has 2 aromatic carbocycles. The maximum atomic E-state index is 13.9. The van der Waals surface area contributed by atoms with Gasteiger partial charge in [-0.15, -0.1) is 0 Å². The number of amides is 1. The summed E-state index contributed by atoms with van der Waals surface area (Å²) in [6, 6.07) is 4.02. The van der Waals surface area contributed by atoms with Crippen LogP contribution in [0.1, 0.15) is 19.4 Å². The lowest BCUT2D eigenvalue weighted by atomic mass is 9.99. The highest BCUT2D eigenvalue weighted by Crippen LogP contribution is 2.31. The number of ether oxygens (including phenoxy) is 1. The van der Waals surface area contributed by atoms with Crippen molar-refractivity contribution in [3.05, 3.63) is 58.9 Å². The van der Waals surface area contributed by atoms with Crippen molar-refractivity contribution >= 4 is 11.9 Å². The van der Waals surface area contributed by atoms with Crippen molar-refractivity contribution < 1.29 is 36.3 Å². The summed E-state index contributed by atoms with van der Waals surface area (Å²) >= 11 is 0. The number of nitrogens with one attached hydrogen (secondary N) is 1. The number of carbonyl (C=O) groups is 2. The highest BCUT2D eigenvalue weighted by atomic mass is 19.2. The number of carbonyl (C=O) groups excluding carboxylic acids is 2. The van der Waals surface area contributed by atoms with Crippen molar-refractivity contribution in [3.8, 4) is 11.1 Å². The Bertz CT molecular complexity index is 870. The zero-order valence-corrected chi connectivity index (χ0v) is 14.9. The predicted molar refractivity (Wildman–Crippen MR) is 89.6 cm³/mol. The minimum atomic E-state index is -2.23. The van der Waals surface area contributed by atoms with Crippen LogP contribution in [0.25, 0.3) is 11.1 Å². The van der Waals surface area contributed by atoms with Gasteiger partial charge in [0.15, 0.2) is 23.3 Å². The highest BCUT2D eigenvalue weighted by molar-refractivity contribution is 5.83. The van der Waals surface area contributed by atoms with Gasteiger partial charge in [-0.3, -0.25) is 4.79 Å². The maximum Gasteiger partial charge on any atom is 0.328 e. The molecule has 0 aliphatic heterocycles. The van der Waals surface area contributed by atoms with Crippen LogP contribution in [0.2, 0.25) is 0 Å². The summed E-state index contributed by atoms with van der Waals surface area (Å²) in [4.78, 5) is 23.2. The normalized spacial score (nSPS) is 11.8. The molecule has 9 heteroatoms. The summed E-state index contributed by atoms with van der Waals surface area (Å²) in [7, 11) is 0. The van der Waals surface area contributed by atoms with Crippen LogP contribution >= 0.6 is 0 Å². The Kier molecular flexibility index (Phi) is 6.71. The first-order chi connectivity index (χ1) is 13.2. The van der Waals surface area contributed by atoms with Gasteiger partial charge in [0, 0.05) is 13.3 Å². The Balaban J connectivity index is 2.33. The van der Waals surface area contributed by atoms with Crippen LogP contribution < -0.4 is 5.32 Å². The highest BCUT2D eigenvalue weighted by Gasteiger charge is 2.27. The van der Waals surface area contributed by atoms with Gasteiger partial charge >= 0.3 is 5.97 Å². The van der Waals surface area contributed by atoms with Crippen molar-refractivity contribution in [2.75, 3.05) is 6.61 Å². The molecule has 1 amide bonds. The Morgan fingerprint density at radius 1 is 0.929 bits per heavy atom. The molecule has 1 atom stereocenters. The largest absolute Gasteiger partial charge is 0.464 e. The van der Waals surface area contributed by atoms with E-state index in [1.54, 1.807) is 6.92 Å². The molecule has 0 fully saturated rings. The van der Waals surface area contributed by atoms with Gasteiger partial charge in [-0.25, -0.2) is 26.7 Å². The van der Waals surface area contributed by atoms with E-state index in [0.29, 0.717) is 5.56 Å². The lowest BCUT2D eigenvalue weighted by Crippen LogP contribution is -2.42. The fraction of sp³-hybridized carbons (Fsp3) is 0.263. The molecule has 28 heavy (non-hydrogen) atoms. The Morgan fingerprint density at radius 2 is 1.43 bits per heavy atom. The summed E-state index contributed by atoms with van der Waals surface area (Å²) in [5.41, 5.74) is -0.810. The lowest BCUT2D eigenvalue weighted by Gasteiger charge is -2.16. The minimum absolute atomic E-state index is 0.00972. The van der Waals surface area contributed by atoms with E-state index in [9.17, 15) is 31.5 Å². The second-order valence-electron chi connectivity index (χ2n) is 5.85. The maximum absolute atomic E-state index is 13.9. The first kappa shape index (κ1) is 21.3. The third kappa shape index (κ3) is 4.47. The van der Waals surface area contributed by atoms with Crippen LogP contribution in [0.15, 0.2) is 24.3 Å². The van der Waals surface area contributed by atoms with E-state index in [1.165, 1.54) is 19.1 Å². The van der Waals surface area contributed by atoms with Crippen molar-refractivity contribution in [2.45, 2.75) is 26.3 Å². The van der Waals surface area contributed by atoms with Crippen LogP contribution in [0.3, 0.4) is 0 Å². The van der Waals surface area contributed by atoms with E-state index >= 15 is 0 Å². The molecule has 1 unspecified atom stereocenters. The van der Waals surface area contributed by atoms with Gasteiger partial charge in [-0.05, 0) is 18.1 Å². The molecule has 4 nitrogen and oxygen atoms in total. The summed E-state index contributed by atoms with van der Waals surface area (Å²) in [6.07, 6.45) is 0.00972. The monoisotopic (exact) mass is 401 g/mol. The van der Waals surface area contributed by atoms with E-state index in [-0.39, 0.29) is 18.6 Å². The molecule has 0 saturated carbocycles. The van der Waals surface area contributed by atoms with E-state index < -0.39 is 52.6 Å². The number of hydrogen-bond acceptors (Lipinski definition) is 3. The van der Waals surface area contributed by atoms with E-state index in [2.05, 4.69) is 5.32 Å². The summed E-state index contributed by atoms with van der Waals surface area (Å²) in [6.45, 7) is 2.92. The standard InChI is InChI=1S/C19H16F5NO3/c1-3-28-19(27)12(25-9(2)26)8-10-4-6-11(7-5-10)13-14(20)16(22)18(24)17(23)15(13)21/h4-7,12H,3,8H2,1-2H3,(H,25,26). The molecule has 0 saturated heterocycles. The third-order valence-electron chi connectivity index (χ3n) is 3.84. The van der Waals surface area contributed by atoms with Crippen molar-refractivity contribution in [1.29, 1.82) is 0 Å². The molecule has 1 N–H and O–H groups in total. The van der Waals surface area contributed by atoms with Gasteiger partial charge < -0.3 is 10.1 Å². The van der Waals surface area contributed by atoms with Crippen molar-refractivity contribution in [2.24, 2.45) is 0 Å². The molecule has 0 radical (unpaired) electrons. The number of esters is 1. The summed E-state index contributed by atoms with van der Waals surface area (Å²) in [5.74, 6) is -11.3. The number of benzene rings is 2. The molecule has 0 aliphatic rings. The minimum Gasteiger partial charge on any atom is -0.464 e. The average Bonchev–Trinajstić information content (AvgIpc) is 2.65. The fourth-order valence-corrected chi connectivity index (χ4v) is 2.58. The van der Waals surface area contributed by atoms with Gasteiger partial charge in [0.2, 0.25) is 11.7 Å². The lowest BCUT2D eigenvalue weighted by molar-refractivity contribution is -0.147. The second kappa shape index (κ2) is 8.81.